The number of ether oxygens (including phenoxy) is 1. The van der Waals surface area contributed by atoms with Crippen LogP contribution >= 0.6 is 0 Å². The van der Waals surface area contributed by atoms with Crippen molar-refractivity contribution in [1.29, 1.82) is 0 Å². The largest absolute Gasteiger partial charge is 0.432 e. The van der Waals surface area contributed by atoms with Gasteiger partial charge in [0.2, 0.25) is 0 Å². The maximum Gasteiger partial charge on any atom is 0.387 e. The number of aliphatic hydroxyl groups is 1. The summed E-state index contributed by atoms with van der Waals surface area (Å²) >= 11 is 0. The Kier molecular flexibility index (Phi) is 6.05. The van der Waals surface area contributed by atoms with Crippen molar-refractivity contribution in [2.45, 2.75) is 45.9 Å². The van der Waals surface area contributed by atoms with Gasteiger partial charge in [-0.1, -0.05) is 6.07 Å². The van der Waals surface area contributed by atoms with Crippen LogP contribution in [0.15, 0.2) is 29.2 Å². The lowest BCUT2D eigenvalue weighted by molar-refractivity contribution is -0.0522. The maximum absolute atomic E-state index is 14.3. The summed E-state index contributed by atoms with van der Waals surface area (Å²) in [6, 6.07) is 2.04. The summed E-state index contributed by atoms with van der Waals surface area (Å²) in [4.78, 5) is 30.0. The van der Waals surface area contributed by atoms with Crippen LogP contribution in [-0.4, -0.2) is 37.4 Å². The SMILES string of the molecule is Cc1nc2c(C(=O)NC(c3ccc(OC(F)F)c(F)c3)C(C)(C)O)cn(C)n2c(=O)c1C. The van der Waals surface area contributed by atoms with Crippen LogP contribution in [0.2, 0.25) is 0 Å². The molecule has 0 spiro atoms. The highest BCUT2D eigenvalue weighted by atomic mass is 19.3. The number of alkyl halides is 2. The lowest BCUT2D eigenvalue weighted by Gasteiger charge is -2.30. The summed E-state index contributed by atoms with van der Waals surface area (Å²) in [5, 5.41) is 13.2. The van der Waals surface area contributed by atoms with E-state index in [1.165, 1.54) is 35.3 Å². The van der Waals surface area contributed by atoms with Crippen LogP contribution < -0.4 is 15.6 Å². The van der Waals surface area contributed by atoms with Crippen molar-refractivity contribution in [3.63, 3.8) is 0 Å². The summed E-state index contributed by atoms with van der Waals surface area (Å²) < 4.78 is 45.8. The molecule has 3 aromatic rings. The molecule has 0 aliphatic carbocycles. The van der Waals surface area contributed by atoms with Crippen molar-refractivity contribution in [2.24, 2.45) is 7.05 Å². The van der Waals surface area contributed by atoms with E-state index in [1.54, 1.807) is 20.9 Å². The van der Waals surface area contributed by atoms with Gasteiger partial charge in [-0.2, -0.15) is 13.3 Å². The molecule has 0 aliphatic rings. The van der Waals surface area contributed by atoms with E-state index < -0.39 is 35.7 Å². The van der Waals surface area contributed by atoms with Crippen molar-refractivity contribution in [3.05, 3.63) is 63.0 Å². The quantitative estimate of drug-likeness (QED) is 0.599. The number of carbonyl (C=O) groups is 1. The Bertz CT molecular complexity index is 1240. The topological polar surface area (TPSA) is 97.9 Å². The Balaban J connectivity index is 2.02. The van der Waals surface area contributed by atoms with E-state index in [0.717, 1.165) is 12.1 Å². The van der Waals surface area contributed by atoms with Crippen molar-refractivity contribution >= 4 is 11.6 Å². The van der Waals surface area contributed by atoms with Crippen LogP contribution in [0.25, 0.3) is 5.65 Å². The van der Waals surface area contributed by atoms with Crippen molar-refractivity contribution in [3.8, 4) is 5.75 Å². The molecule has 3 rings (SSSR count). The molecule has 32 heavy (non-hydrogen) atoms. The lowest BCUT2D eigenvalue weighted by Crippen LogP contribution is -2.42. The number of rotatable bonds is 6. The van der Waals surface area contributed by atoms with Gasteiger partial charge in [-0.05, 0) is 45.4 Å². The number of benzene rings is 1. The third kappa shape index (κ3) is 4.33. The first-order chi connectivity index (χ1) is 14.8. The monoisotopic (exact) mass is 452 g/mol. The van der Waals surface area contributed by atoms with Gasteiger partial charge >= 0.3 is 6.61 Å². The summed E-state index contributed by atoms with van der Waals surface area (Å²) in [5.41, 5.74) is -0.668. The summed E-state index contributed by atoms with van der Waals surface area (Å²) in [5.74, 6) is -2.40. The van der Waals surface area contributed by atoms with Gasteiger partial charge in [0.25, 0.3) is 11.5 Å². The highest BCUT2D eigenvalue weighted by molar-refractivity contribution is 6.00. The molecule has 172 valence electrons. The number of hydrogen-bond acceptors (Lipinski definition) is 5. The van der Waals surface area contributed by atoms with Crippen LogP contribution in [0, 0.1) is 19.7 Å². The number of hydrogen-bond donors (Lipinski definition) is 2. The van der Waals surface area contributed by atoms with E-state index in [-0.39, 0.29) is 22.3 Å². The number of carbonyl (C=O) groups excluding carboxylic acids is 1. The fourth-order valence-corrected chi connectivity index (χ4v) is 3.39. The van der Waals surface area contributed by atoms with Gasteiger partial charge in [0, 0.05) is 24.5 Å². The molecule has 0 fully saturated rings. The number of nitrogens with zero attached hydrogens (tertiary/aromatic N) is 3. The number of fused-ring (bicyclic) bond motifs is 1. The van der Waals surface area contributed by atoms with E-state index in [2.05, 4.69) is 15.0 Å². The zero-order valence-corrected chi connectivity index (χ0v) is 18.1. The molecule has 1 amide bonds. The molecule has 2 heterocycles. The van der Waals surface area contributed by atoms with Gasteiger partial charge in [-0.25, -0.2) is 9.37 Å². The van der Waals surface area contributed by atoms with E-state index in [9.17, 15) is 27.9 Å². The fourth-order valence-electron chi connectivity index (χ4n) is 3.39. The number of nitrogens with one attached hydrogen (secondary N) is 1. The molecule has 2 aromatic heterocycles. The molecule has 1 unspecified atom stereocenters. The second-order valence-corrected chi connectivity index (χ2v) is 8.01. The normalized spacial score (nSPS) is 12.9. The standard InChI is InChI=1S/C21H23F3N4O4/c1-10-11(2)25-17-13(9-27(5)28(17)19(10)30)18(29)26-16(21(3,4)31)12-6-7-15(14(22)8-12)32-20(23)24/h6-9,16,20,31H,1-5H3,(H,26,29). The Morgan fingerprint density at radius 3 is 2.50 bits per heavy atom. The van der Waals surface area contributed by atoms with Gasteiger partial charge in [0.05, 0.1) is 11.6 Å². The Morgan fingerprint density at radius 2 is 1.94 bits per heavy atom. The minimum absolute atomic E-state index is 0.0695. The number of amides is 1. The molecule has 0 saturated heterocycles. The third-order valence-electron chi connectivity index (χ3n) is 5.13. The molecule has 2 N–H and O–H groups in total. The highest BCUT2D eigenvalue weighted by Crippen LogP contribution is 2.30. The molecular weight excluding hydrogens is 429 g/mol. The van der Waals surface area contributed by atoms with Crippen LogP contribution in [0.3, 0.4) is 0 Å². The van der Waals surface area contributed by atoms with E-state index in [1.807, 2.05) is 0 Å². The van der Waals surface area contributed by atoms with Gasteiger partial charge in [-0.3, -0.25) is 14.3 Å². The summed E-state index contributed by atoms with van der Waals surface area (Å²) in [6.45, 7) is 2.88. The predicted molar refractivity (Wildman–Crippen MR) is 109 cm³/mol. The molecule has 0 aliphatic heterocycles. The number of aryl methyl sites for hydroxylation is 2. The molecule has 1 atom stereocenters. The minimum atomic E-state index is -3.20. The molecule has 1 aromatic carbocycles. The highest BCUT2D eigenvalue weighted by Gasteiger charge is 2.32. The molecular formula is C21H23F3N4O4. The van der Waals surface area contributed by atoms with Gasteiger partial charge in [0.1, 0.15) is 5.56 Å². The van der Waals surface area contributed by atoms with Gasteiger partial charge < -0.3 is 15.2 Å². The smallest absolute Gasteiger partial charge is 0.387 e. The molecule has 0 saturated carbocycles. The molecule has 8 nitrogen and oxygen atoms in total. The van der Waals surface area contributed by atoms with E-state index in [4.69, 9.17) is 0 Å². The Morgan fingerprint density at radius 1 is 1.28 bits per heavy atom. The van der Waals surface area contributed by atoms with Crippen LogP contribution in [-0.2, 0) is 7.05 Å². The first-order valence-electron chi connectivity index (χ1n) is 9.64. The maximum atomic E-state index is 14.3. The second kappa shape index (κ2) is 8.30. The number of halogens is 3. The second-order valence-electron chi connectivity index (χ2n) is 8.01. The predicted octanol–water partition coefficient (Wildman–Crippen LogP) is 2.63. The van der Waals surface area contributed by atoms with E-state index >= 15 is 0 Å². The average molecular weight is 452 g/mol. The van der Waals surface area contributed by atoms with Crippen LogP contribution in [0.4, 0.5) is 13.2 Å². The van der Waals surface area contributed by atoms with Crippen molar-refractivity contribution < 1.29 is 27.8 Å². The summed E-state index contributed by atoms with van der Waals surface area (Å²) in [7, 11) is 1.58. The first-order valence-corrected chi connectivity index (χ1v) is 9.64. The molecule has 11 heteroatoms. The Hall–Kier alpha value is -3.34. The lowest BCUT2D eigenvalue weighted by atomic mass is 9.91. The molecule has 0 radical (unpaired) electrons. The van der Waals surface area contributed by atoms with Crippen molar-refractivity contribution in [1.82, 2.24) is 19.5 Å². The Labute approximate surface area is 181 Å². The number of aromatic nitrogens is 3. The average Bonchev–Trinajstić information content (AvgIpc) is 3.01. The minimum Gasteiger partial charge on any atom is -0.432 e. The van der Waals surface area contributed by atoms with Gasteiger partial charge in [-0.15, -0.1) is 0 Å². The third-order valence-corrected chi connectivity index (χ3v) is 5.13. The summed E-state index contributed by atoms with van der Waals surface area (Å²) in [6.07, 6.45) is 1.42. The molecule has 0 bridgehead atoms. The van der Waals surface area contributed by atoms with Crippen LogP contribution in [0.1, 0.15) is 47.1 Å². The zero-order chi connectivity index (χ0) is 24.0. The van der Waals surface area contributed by atoms with Gasteiger partial charge in [0.15, 0.2) is 17.2 Å². The van der Waals surface area contributed by atoms with Crippen LogP contribution in [0.5, 0.6) is 5.75 Å². The first kappa shape index (κ1) is 23.3. The van der Waals surface area contributed by atoms with Crippen molar-refractivity contribution in [2.75, 3.05) is 0 Å². The fraction of sp³-hybridized carbons (Fsp3) is 0.381. The zero-order valence-electron chi connectivity index (χ0n) is 18.1. The van der Waals surface area contributed by atoms with E-state index in [0.29, 0.717) is 11.3 Å².